The van der Waals surface area contributed by atoms with Crippen LogP contribution in [0.1, 0.15) is 36.0 Å². The highest BCUT2D eigenvalue weighted by Crippen LogP contribution is 2.09. The van der Waals surface area contributed by atoms with E-state index in [4.69, 9.17) is 0 Å². The molecule has 2 heteroatoms. The van der Waals surface area contributed by atoms with Crippen molar-refractivity contribution in [3.8, 4) is 0 Å². The predicted octanol–water partition coefficient (Wildman–Crippen LogP) is 3.96. The van der Waals surface area contributed by atoms with Crippen LogP contribution in [-0.2, 0) is 6.54 Å². The number of nitrogens with one attached hydrogen (secondary N) is 1. The lowest BCUT2D eigenvalue weighted by atomic mass is 10.1. The van der Waals surface area contributed by atoms with Crippen LogP contribution < -0.4 is 5.32 Å². The van der Waals surface area contributed by atoms with E-state index in [9.17, 15) is 0 Å². The van der Waals surface area contributed by atoms with E-state index in [2.05, 4.69) is 53.3 Å². The van der Waals surface area contributed by atoms with Gasteiger partial charge in [0.2, 0.25) is 0 Å². The molecule has 1 nitrogen and oxygen atoms in total. The van der Waals surface area contributed by atoms with E-state index < -0.39 is 0 Å². The second kappa shape index (κ2) is 7.86. The molecule has 0 heterocycles. The van der Waals surface area contributed by atoms with Crippen LogP contribution in [0.2, 0.25) is 0 Å². The number of unbranched alkanes of at least 4 members (excludes halogenated alkanes) is 2. The first-order valence-corrected chi connectivity index (χ1v) is 7.19. The molecule has 0 amide bonds. The molecule has 0 unspecified atom stereocenters. The van der Waals surface area contributed by atoms with Crippen LogP contribution in [0.15, 0.2) is 18.2 Å². The molecule has 1 aromatic carbocycles. The molecular formula is C14H22BrN. The lowest BCUT2D eigenvalue weighted by Crippen LogP contribution is -2.14. The van der Waals surface area contributed by atoms with Gasteiger partial charge in [0.15, 0.2) is 0 Å². The summed E-state index contributed by atoms with van der Waals surface area (Å²) in [5.74, 6) is 0. The van der Waals surface area contributed by atoms with Crippen LogP contribution in [0.4, 0.5) is 0 Å². The fourth-order valence-corrected chi connectivity index (χ4v) is 2.06. The average Bonchev–Trinajstić information content (AvgIpc) is 2.28. The van der Waals surface area contributed by atoms with E-state index in [1.165, 1.54) is 36.0 Å². The maximum atomic E-state index is 3.49. The first-order chi connectivity index (χ1) is 7.74. The zero-order valence-electron chi connectivity index (χ0n) is 10.4. The molecule has 0 aliphatic rings. The lowest BCUT2D eigenvalue weighted by molar-refractivity contribution is 0.619. The fraction of sp³-hybridized carbons (Fsp3) is 0.571. The summed E-state index contributed by atoms with van der Waals surface area (Å²) in [6, 6.07) is 6.70. The van der Waals surface area contributed by atoms with Gasteiger partial charge in [0, 0.05) is 11.9 Å². The normalized spacial score (nSPS) is 10.7. The van der Waals surface area contributed by atoms with Crippen molar-refractivity contribution in [2.24, 2.45) is 0 Å². The van der Waals surface area contributed by atoms with Gasteiger partial charge in [0.1, 0.15) is 0 Å². The Balaban J connectivity index is 2.19. The smallest absolute Gasteiger partial charge is 0.0205 e. The maximum Gasteiger partial charge on any atom is 0.0205 e. The molecule has 0 bridgehead atoms. The Morgan fingerprint density at radius 3 is 2.56 bits per heavy atom. The molecule has 0 fully saturated rings. The third kappa shape index (κ3) is 5.13. The fourth-order valence-electron chi connectivity index (χ4n) is 1.67. The second-order valence-corrected chi connectivity index (χ2v) is 5.14. The second-order valence-electron chi connectivity index (χ2n) is 4.35. The number of alkyl halides is 1. The molecule has 0 saturated carbocycles. The molecule has 0 aliphatic heterocycles. The predicted molar refractivity (Wildman–Crippen MR) is 75.3 cm³/mol. The van der Waals surface area contributed by atoms with Crippen LogP contribution in [0, 0.1) is 13.8 Å². The zero-order chi connectivity index (χ0) is 11.8. The van der Waals surface area contributed by atoms with Gasteiger partial charge < -0.3 is 5.32 Å². The molecule has 0 aliphatic carbocycles. The first kappa shape index (κ1) is 13.7. The van der Waals surface area contributed by atoms with Crippen molar-refractivity contribution < 1.29 is 0 Å². The van der Waals surface area contributed by atoms with Gasteiger partial charge in [0.05, 0.1) is 0 Å². The molecule has 90 valence electrons. The van der Waals surface area contributed by atoms with Gasteiger partial charge in [-0.05, 0) is 49.9 Å². The lowest BCUT2D eigenvalue weighted by Gasteiger charge is -2.07. The van der Waals surface area contributed by atoms with E-state index in [1.54, 1.807) is 0 Å². The van der Waals surface area contributed by atoms with Crippen molar-refractivity contribution >= 4 is 15.9 Å². The van der Waals surface area contributed by atoms with Crippen molar-refractivity contribution in [3.05, 3.63) is 34.9 Å². The highest BCUT2D eigenvalue weighted by Gasteiger charge is 1.96. The summed E-state index contributed by atoms with van der Waals surface area (Å²) in [5.41, 5.74) is 4.16. The van der Waals surface area contributed by atoms with Crippen molar-refractivity contribution in [2.75, 3.05) is 11.9 Å². The van der Waals surface area contributed by atoms with Gasteiger partial charge in [-0.1, -0.05) is 40.5 Å². The number of benzene rings is 1. The van der Waals surface area contributed by atoms with Crippen LogP contribution >= 0.6 is 15.9 Å². The molecule has 1 N–H and O–H groups in total. The highest BCUT2D eigenvalue weighted by molar-refractivity contribution is 9.09. The van der Waals surface area contributed by atoms with E-state index in [-0.39, 0.29) is 0 Å². The Hall–Kier alpha value is -0.340. The standard InChI is InChI=1S/C14H22BrN/c1-12-6-7-14(10-13(12)2)11-16-9-5-3-4-8-15/h6-7,10,16H,3-5,8-9,11H2,1-2H3. The van der Waals surface area contributed by atoms with Crippen LogP contribution in [0.5, 0.6) is 0 Å². The Morgan fingerprint density at radius 2 is 1.88 bits per heavy atom. The van der Waals surface area contributed by atoms with Crippen LogP contribution in [-0.4, -0.2) is 11.9 Å². The average molecular weight is 284 g/mol. The van der Waals surface area contributed by atoms with Gasteiger partial charge in [-0.25, -0.2) is 0 Å². The Morgan fingerprint density at radius 1 is 1.06 bits per heavy atom. The minimum Gasteiger partial charge on any atom is -0.313 e. The topological polar surface area (TPSA) is 12.0 Å². The van der Waals surface area contributed by atoms with E-state index >= 15 is 0 Å². The Bertz CT molecular complexity index is 310. The van der Waals surface area contributed by atoms with Gasteiger partial charge >= 0.3 is 0 Å². The zero-order valence-corrected chi connectivity index (χ0v) is 11.9. The summed E-state index contributed by atoms with van der Waals surface area (Å²) in [6.45, 7) is 6.46. The number of halogens is 1. The van der Waals surface area contributed by atoms with Crippen molar-refractivity contribution in [1.82, 2.24) is 5.32 Å². The third-order valence-electron chi connectivity index (χ3n) is 2.89. The van der Waals surface area contributed by atoms with Crippen LogP contribution in [0.3, 0.4) is 0 Å². The van der Waals surface area contributed by atoms with Gasteiger partial charge in [0.25, 0.3) is 0 Å². The monoisotopic (exact) mass is 283 g/mol. The molecule has 0 saturated heterocycles. The van der Waals surface area contributed by atoms with E-state index in [0.29, 0.717) is 0 Å². The summed E-state index contributed by atoms with van der Waals surface area (Å²) in [6.07, 6.45) is 3.87. The summed E-state index contributed by atoms with van der Waals surface area (Å²) in [7, 11) is 0. The molecular weight excluding hydrogens is 262 g/mol. The van der Waals surface area contributed by atoms with Gasteiger partial charge in [-0.3, -0.25) is 0 Å². The summed E-state index contributed by atoms with van der Waals surface area (Å²) in [5, 5.41) is 4.62. The molecule has 0 radical (unpaired) electrons. The quantitative estimate of drug-likeness (QED) is 0.590. The number of aryl methyl sites for hydroxylation is 2. The van der Waals surface area contributed by atoms with Crippen LogP contribution in [0.25, 0.3) is 0 Å². The molecule has 16 heavy (non-hydrogen) atoms. The SMILES string of the molecule is Cc1ccc(CNCCCCCBr)cc1C. The Labute approximate surface area is 108 Å². The molecule has 0 atom stereocenters. The minimum absolute atomic E-state index is 0.995. The minimum atomic E-state index is 0.995. The van der Waals surface area contributed by atoms with Gasteiger partial charge in [-0.2, -0.15) is 0 Å². The molecule has 1 aromatic rings. The van der Waals surface area contributed by atoms with Crippen molar-refractivity contribution in [1.29, 1.82) is 0 Å². The highest BCUT2D eigenvalue weighted by atomic mass is 79.9. The molecule has 0 spiro atoms. The first-order valence-electron chi connectivity index (χ1n) is 6.07. The van der Waals surface area contributed by atoms with E-state index in [0.717, 1.165) is 18.4 Å². The number of hydrogen-bond donors (Lipinski definition) is 1. The van der Waals surface area contributed by atoms with Crippen molar-refractivity contribution in [2.45, 2.75) is 39.7 Å². The third-order valence-corrected chi connectivity index (χ3v) is 3.45. The number of hydrogen-bond acceptors (Lipinski definition) is 1. The Kier molecular flexibility index (Phi) is 6.74. The number of rotatable bonds is 7. The van der Waals surface area contributed by atoms with Crippen molar-refractivity contribution in [3.63, 3.8) is 0 Å². The molecule has 0 aromatic heterocycles. The van der Waals surface area contributed by atoms with E-state index in [1.807, 2.05) is 0 Å². The maximum absolute atomic E-state index is 3.49. The van der Waals surface area contributed by atoms with Gasteiger partial charge in [-0.15, -0.1) is 0 Å². The molecule has 1 rings (SSSR count). The summed E-state index contributed by atoms with van der Waals surface area (Å²) < 4.78 is 0. The summed E-state index contributed by atoms with van der Waals surface area (Å²) in [4.78, 5) is 0. The summed E-state index contributed by atoms with van der Waals surface area (Å²) >= 11 is 3.45. The largest absolute Gasteiger partial charge is 0.313 e.